The molecule has 66 valence electrons. The zero-order valence-corrected chi connectivity index (χ0v) is 8.65. The average Bonchev–Trinajstić information content (AvgIpc) is 2.05. The Hall–Kier alpha value is -0.630. The molecule has 1 aromatic carbocycles. The van der Waals surface area contributed by atoms with Crippen LogP contribution in [-0.2, 0) is 14.1 Å². The second kappa shape index (κ2) is 3.40. The van der Waals surface area contributed by atoms with Crippen LogP contribution in [0.2, 0.25) is 0 Å². The summed E-state index contributed by atoms with van der Waals surface area (Å²) in [5, 5.41) is 0. The highest BCUT2D eigenvalue weighted by Crippen LogP contribution is 2.20. The molecule has 1 aromatic rings. The maximum Gasteiger partial charge on any atom is 0.160 e. The molecule has 0 radical (unpaired) electrons. The first kappa shape index (κ1) is 9.46. The van der Waals surface area contributed by atoms with Crippen molar-refractivity contribution in [3.63, 3.8) is 0 Å². The quantitative estimate of drug-likeness (QED) is 0.644. The van der Waals surface area contributed by atoms with Crippen molar-refractivity contribution in [2.75, 3.05) is 12.0 Å². The topological polar surface area (TPSA) is 17.1 Å². The van der Waals surface area contributed by atoms with E-state index >= 15 is 0 Å². The van der Waals surface area contributed by atoms with Gasteiger partial charge in [-0.1, -0.05) is 22.4 Å². The van der Waals surface area contributed by atoms with Crippen LogP contribution < -0.4 is 0 Å². The van der Waals surface area contributed by atoms with Gasteiger partial charge in [-0.2, -0.15) is 0 Å². The Morgan fingerprint density at radius 2 is 1.92 bits per heavy atom. The van der Waals surface area contributed by atoms with E-state index in [-0.39, 0.29) is 0 Å². The smallest absolute Gasteiger partial charge is 0.1000 e. The normalized spacial score (nSPS) is 15.6. The summed E-state index contributed by atoms with van der Waals surface area (Å²) in [6.07, 6.45) is 1.83. The zero-order valence-electron chi connectivity index (χ0n) is 7.83. The minimum absolute atomic E-state index is 0.720. The molecule has 0 heterocycles. The lowest BCUT2D eigenvalue weighted by Crippen LogP contribution is -2.12. The van der Waals surface area contributed by atoms with Crippen molar-refractivity contribution in [2.24, 2.45) is 0 Å². The van der Waals surface area contributed by atoms with Crippen molar-refractivity contribution in [3.05, 3.63) is 29.8 Å². The number of hydrogen-bond acceptors (Lipinski definition) is 1. The molecule has 1 unspecified atom stereocenters. The van der Waals surface area contributed by atoms with E-state index in [0.29, 0.717) is 0 Å². The Bertz CT molecular complexity index is 317. The second-order valence-electron chi connectivity index (χ2n) is 3.06. The summed E-state index contributed by atoms with van der Waals surface area (Å²) in [6.45, 7) is 3.98. The number of rotatable bonds is 2. The molecular weight excluding hydrogens is 168 g/mol. The van der Waals surface area contributed by atoms with E-state index in [1.54, 1.807) is 0 Å². The van der Waals surface area contributed by atoms with Crippen LogP contribution in [0.25, 0.3) is 0 Å². The molecule has 0 N–H and O–H groups in total. The maximum atomic E-state index is 12.0. The van der Waals surface area contributed by atoms with Gasteiger partial charge in [0.2, 0.25) is 0 Å². The van der Waals surface area contributed by atoms with E-state index in [4.69, 9.17) is 0 Å². The van der Waals surface area contributed by atoms with Crippen LogP contribution in [0.4, 0.5) is 0 Å². The Morgan fingerprint density at radius 1 is 1.33 bits per heavy atom. The molecule has 1 rings (SSSR count). The second-order valence-corrected chi connectivity index (χ2v) is 6.09. The molecule has 0 spiro atoms. The highest BCUT2D eigenvalue weighted by molar-refractivity contribution is 8.02. The van der Waals surface area contributed by atoms with Gasteiger partial charge >= 0.3 is 0 Å². The fraction of sp³-hybridized carbons (Fsp3) is 0.400. The first-order valence-electron chi connectivity index (χ1n) is 4.10. The van der Waals surface area contributed by atoms with Gasteiger partial charge in [-0.05, 0) is 19.9 Å². The van der Waals surface area contributed by atoms with Crippen molar-refractivity contribution in [1.82, 2.24) is 0 Å². The van der Waals surface area contributed by atoms with Crippen LogP contribution >= 0.6 is 0 Å². The summed E-state index contributed by atoms with van der Waals surface area (Å²) in [6, 6.07) is 7.89. The van der Waals surface area contributed by atoms with Gasteiger partial charge in [0.05, 0.1) is 0 Å². The molecule has 0 aliphatic heterocycles. The third-order valence-electron chi connectivity index (χ3n) is 2.11. The Morgan fingerprint density at radius 3 is 2.42 bits per heavy atom. The van der Waals surface area contributed by atoms with Crippen LogP contribution in [0.15, 0.2) is 29.2 Å². The minimum atomic E-state index is -1.78. The molecule has 0 bridgehead atoms. The maximum absolute atomic E-state index is 12.0. The van der Waals surface area contributed by atoms with Gasteiger partial charge in [0, 0.05) is 5.56 Å². The van der Waals surface area contributed by atoms with Crippen molar-refractivity contribution >= 4 is 9.93 Å². The largest absolute Gasteiger partial charge is 0.160 e. The van der Waals surface area contributed by atoms with Gasteiger partial charge in [0.15, 0.2) is 4.90 Å². The van der Waals surface area contributed by atoms with Crippen LogP contribution in [-0.4, -0.2) is 12.0 Å². The summed E-state index contributed by atoms with van der Waals surface area (Å²) in [5.74, 6) is 0.720. The standard InChI is InChI=1S/C10H15OS/c1-4-12(3,11)10-8-6-5-7-9(10)2/h5-8H,4H2,1-3H3/q+1. The summed E-state index contributed by atoms with van der Waals surface area (Å²) >= 11 is 0. The monoisotopic (exact) mass is 183 g/mol. The minimum Gasteiger partial charge on any atom is -0.1000 e. The van der Waals surface area contributed by atoms with Gasteiger partial charge in [0.25, 0.3) is 0 Å². The lowest BCUT2D eigenvalue weighted by atomic mass is 10.2. The predicted octanol–water partition coefficient (Wildman–Crippen LogP) is 2.50. The molecule has 0 aliphatic rings. The first-order chi connectivity index (χ1) is 5.58. The van der Waals surface area contributed by atoms with Crippen molar-refractivity contribution < 1.29 is 4.21 Å². The molecule has 0 saturated carbocycles. The molecule has 0 fully saturated rings. The summed E-state index contributed by atoms with van der Waals surface area (Å²) in [7, 11) is -1.78. The van der Waals surface area contributed by atoms with E-state index in [9.17, 15) is 4.21 Å². The van der Waals surface area contributed by atoms with E-state index in [1.807, 2.05) is 44.4 Å². The molecule has 12 heavy (non-hydrogen) atoms. The summed E-state index contributed by atoms with van der Waals surface area (Å²) in [4.78, 5) is 1.01. The van der Waals surface area contributed by atoms with Crippen LogP contribution in [0.5, 0.6) is 0 Å². The van der Waals surface area contributed by atoms with E-state index < -0.39 is 9.93 Å². The molecule has 0 aromatic heterocycles. The lowest BCUT2D eigenvalue weighted by Gasteiger charge is -2.06. The molecule has 1 atom stereocenters. The Kier molecular flexibility index (Phi) is 2.68. The van der Waals surface area contributed by atoms with E-state index in [2.05, 4.69) is 0 Å². The van der Waals surface area contributed by atoms with Crippen LogP contribution in [0.3, 0.4) is 0 Å². The van der Waals surface area contributed by atoms with Crippen LogP contribution in [0, 0.1) is 6.92 Å². The fourth-order valence-corrected chi connectivity index (χ4v) is 2.62. The van der Waals surface area contributed by atoms with Gasteiger partial charge in [-0.25, -0.2) is 0 Å². The van der Waals surface area contributed by atoms with Gasteiger partial charge in [-0.3, -0.25) is 0 Å². The number of benzene rings is 1. The number of aryl methyl sites for hydroxylation is 1. The van der Waals surface area contributed by atoms with E-state index in [1.165, 1.54) is 0 Å². The summed E-state index contributed by atoms with van der Waals surface area (Å²) < 4.78 is 12.0. The van der Waals surface area contributed by atoms with Gasteiger partial charge in [0.1, 0.15) is 21.9 Å². The van der Waals surface area contributed by atoms with Gasteiger partial charge in [-0.15, -0.1) is 0 Å². The van der Waals surface area contributed by atoms with Crippen molar-refractivity contribution in [2.45, 2.75) is 18.7 Å². The molecule has 0 amide bonds. The SMILES string of the molecule is CC[S+](C)(=O)c1ccccc1C. The van der Waals surface area contributed by atoms with Crippen LogP contribution in [0.1, 0.15) is 12.5 Å². The highest BCUT2D eigenvalue weighted by Gasteiger charge is 2.23. The van der Waals surface area contributed by atoms with Crippen molar-refractivity contribution in [1.29, 1.82) is 0 Å². The average molecular weight is 183 g/mol. The van der Waals surface area contributed by atoms with Gasteiger partial charge < -0.3 is 0 Å². The lowest BCUT2D eigenvalue weighted by molar-refractivity contribution is 0.588. The molecule has 0 aliphatic carbocycles. The highest BCUT2D eigenvalue weighted by atomic mass is 32.2. The number of hydrogen-bond donors (Lipinski definition) is 0. The molecule has 1 nitrogen and oxygen atoms in total. The molecular formula is C10H15OS+. The third kappa shape index (κ3) is 1.75. The zero-order chi connectivity index (χ0) is 9.19. The first-order valence-corrected chi connectivity index (χ1v) is 6.24. The summed E-state index contributed by atoms with van der Waals surface area (Å²) in [5.41, 5.74) is 1.13. The Balaban J connectivity index is 3.20. The fourth-order valence-electron chi connectivity index (χ4n) is 1.20. The Labute approximate surface area is 75.2 Å². The molecule has 2 heteroatoms. The predicted molar refractivity (Wildman–Crippen MR) is 54.0 cm³/mol. The van der Waals surface area contributed by atoms with E-state index in [0.717, 1.165) is 16.2 Å². The molecule has 0 saturated heterocycles. The third-order valence-corrected chi connectivity index (χ3v) is 4.60. The van der Waals surface area contributed by atoms with Crippen molar-refractivity contribution in [3.8, 4) is 0 Å².